The lowest BCUT2D eigenvalue weighted by Gasteiger charge is -2.13. The van der Waals surface area contributed by atoms with Gasteiger partial charge in [-0.15, -0.1) is 0 Å². The predicted molar refractivity (Wildman–Crippen MR) is 128 cm³/mol. The number of anilines is 1. The van der Waals surface area contributed by atoms with E-state index < -0.39 is 0 Å². The molecule has 9 heteroatoms. The Bertz CT molecular complexity index is 1290. The van der Waals surface area contributed by atoms with Crippen molar-refractivity contribution in [1.82, 2.24) is 15.3 Å². The highest BCUT2D eigenvalue weighted by atomic mass is 35.5. The summed E-state index contributed by atoms with van der Waals surface area (Å²) in [6, 6.07) is 14.1. The van der Waals surface area contributed by atoms with E-state index in [0.29, 0.717) is 40.1 Å². The largest absolute Gasteiger partial charge is 0.492 e. The van der Waals surface area contributed by atoms with E-state index in [1.54, 1.807) is 30.5 Å². The first kappa shape index (κ1) is 21.7. The van der Waals surface area contributed by atoms with Gasteiger partial charge in [-0.3, -0.25) is 10.1 Å². The zero-order valence-corrected chi connectivity index (χ0v) is 18.9. The van der Waals surface area contributed by atoms with E-state index in [2.05, 4.69) is 20.6 Å². The van der Waals surface area contributed by atoms with Crippen molar-refractivity contribution in [1.29, 1.82) is 0 Å². The summed E-state index contributed by atoms with van der Waals surface area (Å²) in [5.74, 6) is 0.633. The second kappa shape index (κ2) is 9.33. The van der Waals surface area contributed by atoms with Gasteiger partial charge in [0.1, 0.15) is 5.75 Å². The maximum atomic E-state index is 12.5. The predicted octanol–water partition coefficient (Wildman–Crippen LogP) is 5.38. The van der Waals surface area contributed by atoms with E-state index in [9.17, 15) is 4.79 Å². The number of carbonyl (C=O) groups excluding carboxylic acids is 1. The number of rotatable bonds is 5. The van der Waals surface area contributed by atoms with Gasteiger partial charge in [-0.1, -0.05) is 11.6 Å². The third-order valence-electron chi connectivity index (χ3n) is 4.61. The maximum absolute atomic E-state index is 12.5. The zero-order valence-electron chi connectivity index (χ0n) is 17.3. The molecule has 0 saturated carbocycles. The molecule has 1 amide bonds. The van der Waals surface area contributed by atoms with Crippen molar-refractivity contribution in [3.63, 3.8) is 0 Å². The van der Waals surface area contributed by atoms with Crippen molar-refractivity contribution < 1.29 is 13.9 Å². The first-order valence-corrected chi connectivity index (χ1v) is 10.6. The van der Waals surface area contributed by atoms with E-state index in [1.165, 1.54) is 0 Å². The minimum atomic E-state index is -0.374. The van der Waals surface area contributed by atoms with Crippen LogP contribution < -0.4 is 15.4 Å². The van der Waals surface area contributed by atoms with Crippen LogP contribution in [0.25, 0.3) is 22.7 Å². The number of fused-ring (bicyclic) bond motifs is 1. The summed E-state index contributed by atoms with van der Waals surface area (Å²) in [4.78, 5) is 21.1. The minimum Gasteiger partial charge on any atom is -0.492 e. The Morgan fingerprint density at radius 2 is 2.06 bits per heavy atom. The fourth-order valence-corrected chi connectivity index (χ4v) is 3.51. The molecule has 2 aromatic heterocycles. The number of aryl methyl sites for hydroxylation is 1. The molecule has 2 aromatic carbocycles. The molecule has 0 aliphatic carbocycles. The third kappa shape index (κ3) is 4.71. The maximum Gasteiger partial charge on any atom is 0.257 e. The molecule has 0 fully saturated rings. The van der Waals surface area contributed by atoms with E-state index >= 15 is 0 Å². The number of amides is 1. The fraction of sp³-hybridized carbons (Fsp3) is 0.130. The summed E-state index contributed by atoms with van der Waals surface area (Å²) in [6.07, 6.45) is 1.67. The third-order valence-corrected chi connectivity index (χ3v) is 5.11. The van der Waals surface area contributed by atoms with Gasteiger partial charge in [0, 0.05) is 23.0 Å². The van der Waals surface area contributed by atoms with Gasteiger partial charge in [-0.05, 0) is 80.2 Å². The Hall–Kier alpha value is -3.49. The van der Waals surface area contributed by atoms with Crippen molar-refractivity contribution in [3.05, 3.63) is 70.9 Å². The number of carbonyl (C=O) groups is 1. The van der Waals surface area contributed by atoms with Gasteiger partial charge in [0.25, 0.3) is 5.91 Å². The first-order chi connectivity index (χ1) is 15.4. The van der Waals surface area contributed by atoms with Gasteiger partial charge in [-0.25, -0.2) is 4.98 Å². The quantitative estimate of drug-likeness (QED) is 0.382. The number of hydrogen-bond donors (Lipinski definition) is 2. The molecule has 4 aromatic rings. The molecule has 7 nitrogen and oxygen atoms in total. The summed E-state index contributed by atoms with van der Waals surface area (Å²) in [5, 5.41) is 6.23. The molecule has 0 saturated heterocycles. The van der Waals surface area contributed by atoms with Crippen LogP contribution in [0, 0.1) is 6.92 Å². The zero-order chi connectivity index (χ0) is 22.7. The minimum absolute atomic E-state index is 0.168. The Morgan fingerprint density at radius 3 is 2.78 bits per heavy atom. The number of nitrogens with one attached hydrogen (secondary N) is 2. The first-order valence-electron chi connectivity index (χ1n) is 9.82. The molecule has 0 atom stereocenters. The molecule has 32 heavy (non-hydrogen) atoms. The number of benzene rings is 2. The molecule has 0 aliphatic rings. The lowest BCUT2D eigenvalue weighted by molar-refractivity contribution is 0.0977. The number of aromatic nitrogens is 2. The van der Waals surface area contributed by atoms with Crippen LogP contribution in [-0.4, -0.2) is 27.6 Å². The smallest absolute Gasteiger partial charge is 0.257 e. The fourth-order valence-electron chi connectivity index (χ4n) is 3.07. The molecule has 2 heterocycles. The number of thiocarbonyl (C=S) groups is 1. The summed E-state index contributed by atoms with van der Waals surface area (Å²) in [7, 11) is 0. The summed E-state index contributed by atoms with van der Waals surface area (Å²) < 4.78 is 11.2. The number of pyridine rings is 1. The average molecular weight is 467 g/mol. The SMILES string of the molecule is CCOc1ccc(C(=O)NC(=S)Nc2ccc(-c3nc4ncccc4o3)cc2C)cc1Cl. The number of nitrogens with zero attached hydrogens (tertiary/aromatic N) is 2. The normalized spacial score (nSPS) is 10.7. The Labute approximate surface area is 194 Å². The van der Waals surface area contributed by atoms with Crippen LogP contribution in [-0.2, 0) is 0 Å². The second-order valence-corrected chi connectivity index (χ2v) is 7.68. The van der Waals surface area contributed by atoms with Crippen molar-refractivity contribution >= 4 is 51.8 Å². The van der Waals surface area contributed by atoms with Crippen LogP contribution in [0.15, 0.2) is 59.1 Å². The van der Waals surface area contributed by atoms with Crippen LogP contribution in [0.3, 0.4) is 0 Å². The van der Waals surface area contributed by atoms with Gasteiger partial charge in [0.2, 0.25) is 5.89 Å². The number of oxazole rings is 1. The van der Waals surface area contributed by atoms with Gasteiger partial charge in [0.05, 0.1) is 11.6 Å². The van der Waals surface area contributed by atoms with E-state index in [-0.39, 0.29) is 11.0 Å². The number of hydrogen-bond acceptors (Lipinski definition) is 6. The monoisotopic (exact) mass is 466 g/mol. The van der Waals surface area contributed by atoms with Crippen molar-refractivity contribution in [2.45, 2.75) is 13.8 Å². The molecule has 4 rings (SSSR count). The van der Waals surface area contributed by atoms with Crippen LogP contribution >= 0.6 is 23.8 Å². The topological polar surface area (TPSA) is 89.3 Å². The van der Waals surface area contributed by atoms with Crippen molar-refractivity contribution in [2.75, 3.05) is 11.9 Å². The number of halogens is 1. The standard InChI is InChI=1S/C23H19ClN4O3S/c1-3-30-18-9-7-14(12-16(18)24)21(29)28-23(32)26-17-8-6-15(11-13(17)2)22-27-20-19(31-22)5-4-10-25-20/h4-12H,3H2,1-2H3,(H2,26,28,29,32). The summed E-state index contributed by atoms with van der Waals surface area (Å²) in [5.41, 5.74) is 4.02. The molecular weight excluding hydrogens is 448 g/mol. The lowest BCUT2D eigenvalue weighted by atomic mass is 10.1. The van der Waals surface area contributed by atoms with E-state index in [1.807, 2.05) is 38.1 Å². The molecule has 0 aliphatic heterocycles. The molecule has 0 bridgehead atoms. The molecule has 0 spiro atoms. The van der Waals surface area contributed by atoms with Crippen molar-refractivity contribution in [2.24, 2.45) is 0 Å². The second-order valence-electron chi connectivity index (χ2n) is 6.86. The van der Waals surface area contributed by atoms with Crippen LogP contribution in [0.5, 0.6) is 5.75 Å². The molecule has 0 radical (unpaired) electrons. The molecule has 0 unspecified atom stereocenters. The summed E-state index contributed by atoms with van der Waals surface area (Å²) in [6.45, 7) is 4.27. The van der Waals surface area contributed by atoms with Gasteiger partial charge < -0.3 is 14.5 Å². The van der Waals surface area contributed by atoms with Crippen molar-refractivity contribution in [3.8, 4) is 17.2 Å². The summed E-state index contributed by atoms with van der Waals surface area (Å²) >= 11 is 11.5. The average Bonchev–Trinajstić information content (AvgIpc) is 3.21. The van der Waals surface area contributed by atoms with Gasteiger partial charge >= 0.3 is 0 Å². The highest BCUT2D eigenvalue weighted by Gasteiger charge is 2.13. The molecule has 2 N–H and O–H groups in total. The van der Waals surface area contributed by atoms with Crippen LogP contribution in [0.4, 0.5) is 5.69 Å². The highest BCUT2D eigenvalue weighted by Crippen LogP contribution is 2.27. The van der Waals surface area contributed by atoms with E-state index in [0.717, 1.165) is 16.8 Å². The highest BCUT2D eigenvalue weighted by molar-refractivity contribution is 7.80. The number of ether oxygens (including phenoxy) is 1. The molecular formula is C23H19ClN4O3S. The Balaban J connectivity index is 1.44. The van der Waals surface area contributed by atoms with E-state index in [4.69, 9.17) is 33.0 Å². The van der Waals surface area contributed by atoms with Gasteiger partial charge in [-0.2, -0.15) is 4.98 Å². The van der Waals surface area contributed by atoms with Gasteiger partial charge in [0.15, 0.2) is 16.3 Å². The lowest BCUT2D eigenvalue weighted by Crippen LogP contribution is -2.34. The Kier molecular flexibility index (Phi) is 6.34. The van der Waals surface area contributed by atoms with Crippen LogP contribution in [0.2, 0.25) is 5.02 Å². The van der Waals surface area contributed by atoms with Crippen LogP contribution in [0.1, 0.15) is 22.8 Å². The Morgan fingerprint density at radius 1 is 1.22 bits per heavy atom. The molecule has 162 valence electrons.